The summed E-state index contributed by atoms with van der Waals surface area (Å²) in [6.45, 7) is -1.85. The van der Waals surface area contributed by atoms with Gasteiger partial charge in [0.15, 0.2) is 19.0 Å². The predicted molar refractivity (Wildman–Crippen MR) is 188 cm³/mol. The molecule has 1 aliphatic rings. The first-order valence-electron chi connectivity index (χ1n) is 16.4. The fourth-order valence-electron chi connectivity index (χ4n) is 6.52. The second kappa shape index (κ2) is 13.3. The Morgan fingerprint density at radius 3 is 2.22 bits per heavy atom. The molecule has 1 aliphatic carbocycles. The van der Waals surface area contributed by atoms with Gasteiger partial charge in [-0.15, -0.1) is 0 Å². The highest BCUT2D eigenvalue weighted by Gasteiger charge is 2.44. The first-order chi connectivity index (χ1) is 25.4. The summed E-state index contributed by atoms with van der Waals surface area (Å²) in [5.74, 6) is -0.876. The first-order valence-corrected chi connectivity index (χ1v) is 17.9. The number of aromatic nitrogens is 2. The molecule has 0 spiro atoms. The van der Waals surface area contributed by atoms with Crippen LogP contribution in [0.4, 0.5) is 31.1 Å². The van der Waals surface area contributed by atoms with E-state index in [0.29, 0.717) is 35.8 Å². The Kier molecular flexibility index (Phi) is 9.02. The number of rotatable bonds is 10. The summed E-state index contributed by atoms with van der Waals surface area (Å²) in [6, 6.07) is 18.4. The van der Waals surface area contributed by atoms with Crippen molar-refractivity contribution in [3.63, 3.8) is 0 Å². The molecule has 0 aliphatic heterocycles. The fraction of sp³-hybridized carbons (Fsp3) is 0.243. The molecule has 10 nitrogen and oxygen atoms in total. The maximum atomic E-state index is 14.0. The number of aromatic amines is 1. The van der Waals surface area contributed by atoms with Gasteiger partial charge in [-0.1, -0.05) is 42.5 Å². The average molecular weight is 773 g/mol. The summed E-state index contributed by atoms with van der Waals surface area (Å²) >= 11 is 0. The molecule has 0 bridgehead atoms. The Morgan fingerprint density at radius 1 is 0.870 bits per heavy atom. The zero-order valence-electron chi connectivity index (χ0n) is 28.2. The highest BCUT2D eigenvalue weighted by Crippen LogP contribution is 2.43. The number of amides is 2. The second-order valence-electron chi connectivity index (χ2n) is 13.2. The number of halogens is 6. The number of urea groups is 1. The molecular formula is C37H30F6N4O6S. The van der Waals surface area contributed by atoms with E-state index in [0.717, 1.165) is 9.95 Å². The van der Waals surface area contributed by atoms with Gasteiger partial charge in [0.2, 0.25) is 0 Å². The maximum absolute atomic E-state index is 14.0. The molecular weight excluding hydrogens is 742 g/mol. The van der Waals surface area contributed by atoms with E-state index < -0.39 is 69.6 Å². The molecule has 6 aromatic rings. The summed E-state index contributed by atoms with van der Waals surface area (Å²) in [6.07, 6.45) is -5.63. The summed E-state index contributed by atoms with van der Waals surface area (Å²) in [7, 11) is -4.19. The number of aryl methyl sites for hydroxylation is 1. The van der Waals surface area contributed by atoms with E-state index in [2.05, 4.69) is 15.0 Å². The topological polar surface area (TPSA) is 132 Å². The van der Waals surface area contributed by atoms with Gasteiger partial charge in [-0.05, 0) is 78.4 Å². The highest BCUT2D eigenvalue weighted by atomic mass is 32.2. The summed E-state index contributed by atoms with van der Waals surface area (Å²) in [5, 5.41) is 3.59. The normalized spacial score (nSPS) is 14.4. The Hall–Kier alpha value is -5.71. The standard InChI is InChI=1S/C37H30F6N4O6S/c1-21-15-22(17-35(12-13-35)45-34(49)46-54(50,51)25-10-9-23-5-2-3-6-24(23)16-25)8-11-28(21)47-18-27-29(33(47)48)31(52-19-36(38,39)40)26-7-4-14-44-30(26)32(27)53-20-37(41,42)43/h2-11,14-16,18,44H,12-13,17,19-20H2,1H3,(H2,45,46,49). The van der Waals surface area contributed by atoms with Gasteiger partial charge >= 0.3 is 18.4 Å². The van der Waals surface area contributed by atoms with Crippen molar-refractivity contribution in [2.45, 2.75) is 49.0 Å². The van der Waals surface area contributed by atoms with Crippen LogP contribution in [0.15, 0.2) is 94.9 Å². The number of benzene rings is 4. The molecule has 0 saturated heterocycles. The number of nitrogens with zero attached hydrogens (tertiary/aromatic N) is 1. The van der Waals surface area contributed by atoms with Crippen molar-refractivity contribution in [3.8, 4) is 17.2 Å². The minimum atomic E-state index is -4.79. The lowest BCUT2D eigenvalue weighted by molar-refractivity contribution is -0.154. The Balaban J connectivity index is 1.17. The molecule has 2 heterocycles. The number of sulfonamides is 1. The van der Waals surface area contributed by atoms with E-state index in [-0.39, 0.29) is 26.9 Å². The van der Waals surface area contributed by atoms with E-state index in [1.165, 1.54) is 36.7 Å². The number of carbonyl (C=O) groups excluding carboxylic acids is 1. The van der Waals surface area contributed by atoms with Gasteiger partial charge in [0.05, 0.1) is 26.9 Å². The van der Waals surface area contributed by atoms with Gasteiger partial charge in [0, 0.05) is 23.3 Å². The number of H-pyrrole nitrogens is 1. The molecule has 0 unspecified atom stereocenters. The van der Waals surface area contributed by atoms with Crippen LogP contribution in [0, 0.1) is 6.92 Å². The zero-order chi connectivity index (χ0) is 38.6. The first kappa shape index (κ1) is 36.6. The van der Waals surface area contributed by atoms with Gasteiger partial charge in [-0.2, -0.15) is 26.3 Å². The second-order valence-corrected chi connectivity index (χ2v) is 14.8. The van der Waals surface area contributed by atoms with Crippen LogP contribution >= 0.6 is 0 Å². The fourth-order valence-corrected chi connectivity index (χ4v) is 7.46. The third-order valence-corrected chi connectivity index (χ3v) is 10.4. The number of pyridine rings is 1. The maximum Gasteiger partial charge on any atom is 0.422 e. The molecule has 1 saturated carbocycles. The van der Waals surface area contributed by atoms with Crippen LogP contribution in [-0.4, -0.2) is 55.1 Å². The van der Waals surface area contributed by atoms with Crippen LogP contribution in [-0.2, 0) is 16.4 Å². The molecule has 282 valence electrons. The molecule has 17 heteroatoms. The van der Waals surface area contributed by atoms with Crippen molar-refractivity contribution in [2.75, 3.05) is 13.2 Å². The lowest BCUT2D eigenvalue weighted by atomic mass is 10.0. The van der Waals surface area contributed by atoms with Crippen LogP contribution in [0.2, 0.25) is 0 Å². The van der Waals surface area contributed by atoms with E-state index in [1.807, 2.05) is 12.1 Å². The predicted octanol–water partition coefficient (Wildman–Crippen LogP) is 7.58. The van der Waals surface area contributed by atoms with Crippen molar-refractivity contribution < 1.29 is 49.0 Å². The minimum Gasteiger partial charge on any atom is -0.483 e. The lowest BCUT2D eigenvalue weighted by Gasteiger charge is -2.19. The van der Waals surface area contributed by atoms with Crippen LogP contribution in [0.3, 0.4) is 0 Å². The van der Waals surface area contributed by atoms with E-state index in [9.17, 15) is 44.3 Å². The van der Waals surface area contributed by atoms with Crippen molar-refractivity contribution >= 4 is 48.5 Å². The molecule has 2 aromatic heterocycles. The minimum absolute atomic E-state index is 0.0767. The van der Waals surface area contributed by atoms with Gasteiger partial charge in [0.25, 0.3) is 15.6 Å². The Labute approximate surface area is 302 Å². The lowest BCUT2D eigenvalue weighted by Crippen LogP contribution is -2.46. The molecule has 0 atom stereocenters. The molecule has 1 fully saturated rings. The average Bonchev–Trinajstić information content (AvgIpc) is 3.76. The van der Waals surface area contributed by atoms with Crippen LogP contribution in [0.5, 0.6) is 11.5 Å². The Morgan fingerprint density at radius 2 is 1.56 bits per heavy atom. The molecule has 7 rings (SSSR count). The Bertz CT molecular complexity index is 2610. The number of carbonyl (C=O) groups is 1. The van der Waals surface area contributed by atoms with Crippen molar-refractivity contribution in [3.05, 3.63) is 107 Å². The number of fused-ring (bicyclic) bond motifs is 3. The SMILES string of the molecule is Cc1cc(CC2(NC(=O)NS(=O)(=O)c3ccc4ccccc4c3)CC2)ccc1-n1cc2c(OCC(F)(F)F)c3[nH]cccc3c(OCC(F)(F)F)c2c1=O. The smallest absolute Gasteiger partial charge is 0.422 e. The molecule has 54 heavy (non-hydrogen) atoms. The van der Waals surface area contributed by atoms with Crippen molar-refractivity contribution in [1.29, 1.82) is 0 Å². The van der Waals surface area contributed by atoms with Gasteiger partial charge in [-0.3, -0.25) is 9.36 Å². The summed E-state index contributed by atoms with van der Waals surface area (Å²) in [4.78, 5) is 29.5. The number of alkyl halides is 6. The van der Waals surface area contributed by atoms with Crippen LogP contribution in [0.25, 0.3) is 38.1 Å². The van der Waals surface area contributed by atoms with E-state index in [4.69, 9.17) is 9.47 Å². The summed E-state index contributed by atoms with van der Waals surface area (Å²) in [5.41, 5.74) is -0.227. The van der Waals surface area contributed by atoms with E-state index >= 15 is 0 Å². The van der Waals surface area contributed by atoms with E-state index in [1.54, 1.807) is 43.3 Å². The third-order valence-electron chi connectivity index (χ3n) is 9.07. The largest absolute Gasteiger partial charge is 0.483 e. The van der Waals surface area contributed by atoms with Gasteiger partial charge in [-0.25, -0.2) is 17.9 Å². The van der Waals surface area contributed by atoms with Crippen LogP contribution < -0.4 is 25.1 Å². The van der Waals surface area contributed by atoms with Gasteiger partial charge < -0.3 is 19.8 Å². The zero-order valence-corrected chi connectivity index (χ0v) is 29.0. The number of hydrogen-bond acceptors (Lipinski definition) is 6. The van der Waals surface area contributed by atoms with Crippen molar-refractivity contribution in [2.24, 2.45) is 0 Å². The molecule has 4 aromatic carbocycles. The highest BCUT2D eigenvalue weighted by molar-refractivity contribution is 7.90. The molecule has 2 amide bonds. The van der Waals surface area contributed by atoms with Gasteiger partial charge in [0.1, 0.15) is 5.75 Å². The monoisotopic (exact) mass is 772 g/mol. The van der Waals surface area contributed by atoms with Crippen molar-refractivity contribution in [1.82, 2.24) is 19.6 Å². The molecule has 0 radical (unpaired) electrons. The third kappa shape index (κ3) is 7.53. The molecule has 3 N–H and O–H groups in total. The number of nitrogens with one attached hydrogen (secondary N) is 3. The number of ether oxygens (including phenoxy) is 2. The van der Waals surface area contributed by atoms with Crippen LogP contribution in [0.1, 0.15) is 24.0 Å². The quantitative estimate of drug-likeness (QED) is 0.123. The number of hydrogen-bond donors (Lipinski definition) is 3. The summed E-state index contributed by atoms with van der Waals surface area (Å²) < 4.78 is 119.